The third-order valence-electron chi connectivity index (χ3n) is 6.52. The Morgan fingerprint density at radius 2 is 1.50 bits per heavy atom. The number of fused-ring (bicyclic) bond motifs is 1. The van der Waals surface area contributed by atoms with Gasteiger partial charge in [-0.05, 0) is 39.2 Å². The van der Waals surface area contributed by atoms with Gasteiger partial charge in [-0.25, -0.2) is 4.98 Å². The lowest BCUT2D eigenvalue weighted by molar-refractivity contribution is 0.212. The summed E-state index contributed by atoms with van der Waals surface area (Å²) in [6, 6.07) is 27.1. The summed E-state index contributed by atoms with van der Waals surface area (Å²) in [4.78, 5) is 22.2. The Kier molecular flexibility index (Phi) is 6.18. The van der Waals surface area contributed by atoms with E-state index in [4.69, 9.17) is 0 Å². The highest BCUT2D eigenvalue weighted by atomic mass is 79.9. The lowest BCUT2D eigenvalue weighted by Crippen LogP contribution is -2.48. The summed E-state index contributed by atoms with van der Waals surface area (Å²) >= 11 is 3.45. The molecule has 1 aliphatic heterocycles. The molecule has 0 N–H and O–H groups in total. The van der Waals surface area contributed by atoms with Crippen LogP contribution in [0.3, 0.4) is 0 Å². The van der Waals surface area contributed by atoms with E-state index < -0.39 is 0 Å². The first-order valence-corrected chi connectivity index (χ1v) is 12.1. The Morgan fingerprint density at radius 3 is 2.06 bits per heavy atom. The van der Waals surface area contributed by atoms with E-state index in [9.17, 15) is 10.1 Å². The molecule has 4 aromatic rings. The lowest BCUT2D eigenvalue weighted by Gasteiger charge is -2.41. The third-order valence-corrected chi connectivity index (χ3v) is 6.96. The van der Waals surface area contributed by atoms with Crippen molar-refractivity contribution in [1.29, 1.82) is 5.26 Å². The molecule has 1 fully saturated rings. The minimum absolute atomic E-state index is 0.146. The standard InChI is InChI=1S/C27H24BrN5O/c1-31-22-12-13-23(28)30-24(22)26(21(18-29)27(31)34)33-16-14-32(15-17-33)25(19-8-4-2-5-9-19)20-10-6-3-7-11-20/h2-13,25H,14-17H2,1H3. The van der Waals surface area contributed by atoms with Crippen molar-refractivity contribution < 1.29 is 0 Å². The van der Waals surface area contributed by atoms with Gasteiger partial charge in [-0.15, -0.1) is 0 Å². The Morgan fingerprint density at radius 1 is 0.912 bits per heavy atom. The number of aryl methyl sites for hydroxylation is 1. The first-order chi connectivity index (χ1) is 16.6. The minimum Gasteiger partial charge on any atom is -0.366 e. The maximum Gasteiger partial charge on any atom is 0.270 e. The molecule has 2 aromatic carbocycles. The minimum atomic E-state index is -0.289. The largest absolute Gasteiger partial charge is 0.366 e. The van der Waals surface area contributed by atoms with E-state index in [0.717, 1.165) is 18.6 Å². The number of benzene rings is 2. The Balaban J connectivity index is 1.51. The molecule has 5 rings (SSSR count). The number of aromatic nitrogens is 2. The second-order valence-electron chi connectivity index (χ2n) is 8.45. The number of rotatable bonds is 4. The summed E-state index contributed by atoms with van der Waals surface area (Å²) in [6.07, 6.45) is 0. The molecule has 0 atom stereocenters. The second-order valence-corrected chi connectivity index (χ2v) is 9.26. The fraction of sp³-hybridized carbons (Fsp3) is 0.222. The number of nitriles is 1. The van der Waals surface area contributed by atoms with Crippen molar-refractivity contribution >= 4 is 32.7 Å². The topological polar surface area (TPSA) is 65.2 Å². The van der Waals surface area contributed by atoms with E-state index in [-0.39, 0.29) is 17.2 Å². The molecule has 0 spiro atoms. The highest BCUT2D eigenvalue weighted by Crippen LogP contribution is 2.33. The molecule has 1 saturated heterocycles. The summed E-state index contributed by atoms with van der Waals surface area (Å²) in [5.41, 5.74) is 4.39. The van der Waals surface area contributed by atoms with Gasteiger partial charge >= 0.3 is 0 Å². The summed E-state index contributed by atoms with van der Waals surface area (Å²) in [7, 11) is 1.69. The lowest BCUT2D eigenvalue weighted by atomic mass is 9.96. The molecule has 170 valence electrons. The molecule has 34 heavy (non-hydrogen) atoms. The van der Waals surface area contributed by atoms with Crippen molar-refractivity contribution in [3.8, 4) is 6.07 Å². The van der Waals surface area contributed by atoms with Gasteiger partial charge in [0.05, 0.1) is 17.2 Å². The van der Waals surface area contributed by atoms with Crippen LogP contribution < -0.4 is 10.5 Å². The van der Waals surface area contributed by atoms with E-state index in [1.807, 2.05) is 24.3 Å². The van der Waals surface area contributed by atoms with Gasteiger partial charge in [0.2, 0.25) is 0 Å². The SMILES string of the molecule is Cn1c(=O)c(C#N)c(N2CCN(C(c3ccccc3)c3ccccc3)CC2)c2nc(Br)ccc21. The van der Waals surface area contributed by atoms with Crippen LogP contribution in [0.2, 0.25) is 0 Å². The average Bonchev–Trinajstić information content (AvgIpc) is 2.88. The predicted molar refractivity (Wildman–Crippen MR) is 138 cm³/mol. The number of halogens is 1. The van der Waals surface area contributed by atoms with Crippen LogP contribution in [0.5, 0.6) is 0 Å². The molecule has 0 saturated carbocycles. The molecule has 3 heterocycles. The first kappa shape index (κ1) is 22.3. The number of anilines is 1. The van der Waals surface area contributed by atoms with Gasteiger partial charge in [0.15, 0.2) is 0 Å². The Bertz CT molecular complexity index is 1380. The van der Waals surface area contributed by atoms with E-state index in [0.29, 0.717) is 28.9 Å². The monoisotopic (exact) mass is 513 g/mol. The zero-order valence-electron chi connectivity index (χ0n) is 18.9. The molecule has 0 radical (unpaired) electrons. The van der Waals surface area contributed by atoms with Crippen molar-refractivity contribution in [1.82, 2.24) is 14.5 Å². The summed E-state index contributed by atoms with van der Waals surface area (Å²) in [6.45, 7) is 2.98. The van der Waals surface area contributed by atoms with Crippen LogP contribution in [-0.4, -0.2) is 40.6 Å². The Hall–Kier alpha value is -3.47. The fourth-order valence-electron chi connectivity index (χ4n) is 4.87. The third kappa shape index (κ3) is 4.00. The fourth-order valence-corrected chi connectivity index (χ4v) is 5.18. The maximum atomic E-state index is 13.0. The van der Waals surface area contributed by atoms with Gasteiger partial charge in [0, 0.05) is 33.2 Å². The summed E-state index contributed by atoms with van der Waals surface area (Å²) in [5, 5.41) is 9.88. The van der Waals surface area contributed by atoms with Crippen LogP contribution in [0.4, 0.5) is 5.69 Å². The van der Waals surface area contributed by atoms with Gasteiger partial charge in [-0.1, -0.05) is 60.7 Å². The maximum absolute atomic E-state index is 13.0. The number of piperazine rings is 1. The molecule has 0 aliphatic carbocycles. The number of nitrogens with zero attached hydrogens (tertiary/aromatic N) is 5. The number of pyridine rings is 2. The van der Waals surface area contributed by atoms with E-state index in [1.165, 1.54) is 15.7 Å². The van der Waals surface area contributed by atoms with Crippen LogP contribution >= 0.6 is 15.9 Å². The Labute approximate surface area is 206 Å². The molecule has 0 unspecified atom stereocenters. The van der Waals surface area contributed by atoms with Crippen molar-refractivity contribution in [2.45, 2.75) is 6.04 Å². The smallest absolute Gasteiger partial charge is 0.270 e. The van der Waals surface area contributed by atoms with Crippen LogP contribution in [0.15, 0.2) is 82.2 Å². The van der Waals surface area contributed by atoms with Crippen molar-refractivity contribution in [3.63, 3.8) is 0 Å². The zero-order chi connectivity index (χ0) is 23.7. The normalized spacial score (nSPS) is 14.5. The molecule has 2 aromatic heterocycles. The van der Waals surface area contributed by atoms with Gasteiger partial charge in [-0.3, -0.25) is 9.69 Å². The second kappa shape index (κ2) is 9.41. The van der Waals surface area contributed by atoms with Crippen LogP contribution in [0, 0.1) is 11.3 Å². The molecular formula is C27H24BrN5O. The van der Waals surface area contributed by atoms with Gasteiger partial charge in [-0.2, -0.15) is 5.26 Å². The highest BCUT2D eigenvalue weighted by molar-refractivity contribution is 9.10. The first-order valence-electron chi connectivity index (χ1n) is 11.3. The molecule has 1 aliphatic rings. The van der Waals surface area contributed by atoms with Gasteiger partial charge in [0.25, 0.3) is 5.56 Å². The van der Waals surface area contributed by atoms with Crippen LogP contribution in [-0.2, 0) is 7.05 Å². The average molecular weight is 514 g/mol. The van der Waals surface area contributed by atoms with Crippen molar-refractivity contribution in [2.75, 3.05) is 31.1 Å². The van der Waals surface area contributed by atoms with E-state index in [2.05, 4.69) is 85.3 Å². The van der Waals surface area contributed by atoms with E-state index in [1.54, 1.807) is 7.05 Å². The molecule has 7 heteroatoms. The molecule has 0 amide bonds. The zero-order valence-corrected chi connectivity index (χ0v) is 20.4. The predicted octanol–water partition coefficient (Wildman–Crippen LogP) is 4.48. The van der Waals surface area contributed by atoms with E-state index >= 15 is 0 Å². The van der Waals surface area contributed by atoms with Crippen LogP contribution in [0.1, 0.15) is 22.7 Å². The van der Waals surface area contributed by atoms with Crippen LogP contribution in [0.25, 0.3) is 11.0 Å². The quantitative estimate of drug-likeness (QED) is 0.376. The molecule has 0 bridgehead atoms. The van der Waals surface area contributed by atoms with Gasteiger partial charge < -0.3 is 9.47 Å². The summed E-state index contributed by atoms with van der Waals surface area (Å²) in [5.74, 6) is 0. The molecule has 6 nitrogen and oxygen atoms in total. The van der Waals surface area contributed by atoms with Gasteiger partial charge in [0.1, 0.15) is 21.8 Å². The summed E-state index contributed by atoms with van der Waals surface area (Å²) < 4.78 is 2.18. The number of hydrogen-bond donors (Lipinski definition) is 0. The highest BCUT2D eigenvalue weighted by Gasteiger charge is 2.29. The number of hydrogen-bond acceptors (Lipinski definition) is 5. The van der Waals surface area contributed by atoms with Crippen molar-refractivity contribution in [2.24, 2.45) is 7.05 Å². The molecular weight excluding hydrogens is 490 g/mol. The van der Waals surface area contributed by atoms with Crippen molar-refractivity contribution in [3.05, 3.63) is 104 Å².